The Morgan fingerprint density at radius 3 is 2.78 bits per heavy atom. The second kappa shape index (κ2) is 4.80. The molecule has 6 heteroatoms. The lowest BCUT2D eigenvalue weighted by Crippen LogP contribution is -2.30. The highest BCUT2D eigenvalue weighted by molar-refractivity contribution is 5.95. The molecule has 1 saturated carbocycles. The monoisotopic (exact) mass is 251 g/mol. The third kappa shape index (κ3) is 2.69. The van der Waals surface area contributed by atoms with Crippen LogP contribution in [0.5, 0.6) is 0 Å². The fraction of sp³-hybridized carbons (Fsp3) is 0.583. The lowest BCUT2D eigenvalue weighted by atomic mass is 9.88. The molecule has 1 fully saturated rings. The van der Waals surface area contributed by atoms with Crippen LogP contribution >= 0.6 is 0 Å². The van der Waals surface area contributed by atoms with E-state index in [-0.39, 0.29) is 17.9 Å². The van der Waals surface area contributed by atoms with Crippen molar-refractivity contribution >= 4 is 17.6 Å². The Morgan fingerprint density at radius 2 is 2.17 bits per heavy atom. The lowest BCUT2D eigenvalue weighted by Gasteiger charge is -2.21. The number of anilines is 1. The van der Waals surface area contributed by atoms with Crippen molar-refractivity contribution in [3.05, 3.63) is 12.4 Å². The summed E-state index contributed by atoms with van der Waals surface area (Å²) in [6.07, 6.45) is 6.98. The minimum atomic E-state index is -0.960. The van der Waals surface area contributed by atoms with Gasteiger partial charge in [0.25, 0.3) is 0 Å². The van der Waals surface area contributed by atoms with Gasteiger partial charge < -0.3 is 10.4 Å². The number of rotatable bonds is 4. The van der Waals surface area contributed by atoms with Crippen molar-refractivity contribution in [2.24, 2.45) is 5.41 Å². The normalized spacial score (nSPS) is 17.6. The van der Waals surface area contributed by atoms with Crippen molar-refractivity contribution in [2.45, 2.75) is 39.2 Å². The van der Waals surface area contributed by atoms with Crippen LogP contribution in [0.3, 0.4) is 0 Å². The molecule has 2 rings (SSSR count). The van der Waals surface area contributed by atoms with E-state index in [2.05, 4.69) is 10.4 Å². The highest BCUT2D eigenvalue weighted by Crippen LogP contribution is 2.38. The summed E-state index contributed by atoms with van der Waals surface area (Å²) in [6.45, 7) is 1.77. The van der Waals surface area contributed by atoms with Gasteiger partial charge in [-0.15, -0.1) is 0 Å². The molecule has 1 aromatic heterocycles. The summed E-state index contributed by atoms with van der Waals surface area (Å²) in [7, 11) is 0. The van der Waals surface area contributed by atoms with Gasteiger partial charge in [0.15, 0.2) is 0 Å². The number of carboxylic acid groups (broad SMARTS) is 1. The first-order valence-corrected chi connectivity index (χ1v) is 6.05. The van der Waals surface area contributed by atoms with E-state index in [0.29, 0.717) is 5.69 Å². The van der Waals surface area contributed by atoms with Crippen LogP contribution in [0.1, 0.15) is 32.6 Å². The zero-order valence-corrected chi connectivity index (χ0v) is 10.3. The van der Waals surface area contributed by atoms with Crippen LogP contribution in [0.4, 0.5) is 5.69 Å². The fourth-order valence-corrected chi connectivity index (χ4v) is 2.32. The molecule has 0 unspecified atom stereocenters. The van der Waals surface area contributed by atoms with Gasteiger partial charge in [-0.3, -0.25) is 14.3 Å². The maximum absolute atomic E-state index is 12.1. The van der Waals surface area contributed by atoms with Crippen LogP contribution in [-0.4, -0.2) is 26.8 Å². The first kappa shape index (κ1) is 12.6. The average molecular weight is 251 g/mol. The van der Waals surface area contributed by atoms with Crippen LogP contribution < -0.4 is 5.32 Å². The molecule has 18 heavy (non-hydrogen) atoms. The van der Waals surface area contributed by atoms with Gasteiger partial charge in [0.2, 0.25) is 5.91 Å². The Morgan fingerprint density at radius 1 is 1.50 bits per heavy atom. The van der Waals surface area contributed by atoms with Gasteiger partial charge in [0.1, 0.15) is 6.54 Å². The lowest BCUT2D eigenvalue weighted by molar-refractivity contribution is -0.137. The minimum Gasteiger partial charge on any atom is -0.480 e. The summed E-state index contributed by atoms with van der Waals surface area (Å²) in [5.41, 5.74) is 0.254. The number of carbonyl (C=O) groups excluding carboxylic acids is 1. The third-order valence-corrected chi connectivity index (χ3v) is 3.44. The molecule has 1 aromatic rings. The first-order valence-electron chi connectivity index (χ1n) is 6.05. The quantitative estimate of drug-likeness (QED) is 0.849. The van der Waals surface area contributed by atoms with E-state index < -0.39 is 5.97 Å². The molecule has 2 N–H and O–H groups in total. The van der Waals surface area contributed by atoms with Gasteiger partial charge in [0.05, 0.1) is 11.9 Å². The predicted octanol–water partition coefficient (Wildman–Crippen LogP) is 1.49. The molecule has 0 bridgehead atoms. The van der Waals surface area contributed by atoms with E-state index in [1.54, 1.807) is 0 Å². The zero-order valence-electron chi connectivity index (χ0n) is 10.3. The van der Waals surface area contributed by atoms with E-state index >= 15 is 0 Å². The number of aliphatic carboxylic acids is 1. The van der Waals surface area contributed by atoms with E-state index in [1.165, 1.54) is 17.1 Å². The van der Waals surface area contributed by atoms with E-state index in [4.69, 9.17) is 5.11 Å². The molecular formula is C12H17N3O3. The number of amides is 1. The Bertz CT molecular complexity index is 461. The van der Waals surface area contributed by atoms with Crippen LogP contribution in [0.15, 0.2) is 12.4 Å². The highest BCUT2D eigenvalue weighted by Gasteiger charge is 2.36. The number of nitrogens with zero attached hydrogens (tertiary/aromatic N) is 2. The van der Waals surface area contributed by atoms with Gasteiger partial charge in [-0.25, -0.2) is 0 Å². The summed E-state index contributed by atoms with van der Waals surface area (Å²) in [5.74, 6) is -0.964. The second-order valence-electron chi connectivity index (χ2n) is 5.04. The van der Waals surface area contributed by atoms with Crippen LogP contribution in [0.2, 0.25) is 0 Å². The predicted molar refractivity (Wildman–Crippen MR) is 65.1 cm³/mol. The molecule has 0 saturated heterocycles. The summed E-state index contributed by atoms with van der Waals surface area (Å²) >= 11 is 0. The first-order chi connectivity index (χ1) is 8.49. The van der Waals surface area contributed by atoms with Gasteiger partial charge >= 0.3 is 5.97 Å². The summed E-state index contributed by atoms with van der Waals surface area (Å²) < 4.78 is 1.29. The van der Waals surface area contributed by atoms with Gasteiger partial charge in [0, 0.05) is 11.6 Å². The van der Waals surface area contributed by atoms with Crippen molar-refractivity contribution in [2.75, 3.05) is 5.32 Å². The minimum absolute atomic E-state index is 0.00475. The maximum Gasteiger partial charge on any atom is 0.325 e. The molecule has 0 aromatic carbocycles. The number of aromatic nitrogens is 2. The molecule has 0 radical (unpaired) electrons. The number of carboxylic acids is 1. The van der Waals surface area contributed by atoms with Crippen molar-refractivity contribution < 1.29 is 14.7 Å². The summed E-state index contributed by atoms with van der Waals surface area (Å²) in [6, 6.07) is 0. The number of carbonyl (C=O) groups is 2. The smallest absolute Gasteiger partial charge is 0.325 e. The molecule has 98 valence electrons. The molecule has 1 aliphatic rings. The van der Waals surface area contributed by atoms with Crippen molar-refractivity contribution in [3.63, 3.8) is 0 Å². The Kier molecular flexibility index (Phi) is 3.36. The Balaban J connectivity index is 1.99. The van der Waals surface area contributed by atoms with Crippen molar-refractivity contribution in [1.29, 1.82) is 0 Å². The van der Waals surface area contributed by atoms with Gasteiger partial charge in [-0.2, -0.15) is 5.10 Å². The molecule has 0 atom stereocenters. The van der Waals surface area contributed by atoms with E-state index in [0.717, 1.165) is 25.7 Å². The van der Waals surface area contributed by atoms with Crippen LogP contribution in [0.25, 0.3) is 0 Å². The third-order valence-electron chi connectivity index (χ3n) is 3.44. The SMILES string of the molecule is CC1(C(=O)Nc2cnn(CC(=O)O)c2)CCCC1. The number of hydrogen-bond acceptors (Lipinski definition) is 3. The van der Waals surface area contributed by atoms with Crippen LogP contribution in [-0.2, 0) is 16.1 Å². The average Bonchev–Trinajstić information content (AvgIpc) is 2.88. The maximum atomic E-state index is 12.1. The summed E-state index contributed by atoms with van der Waals surface area (Å²) in [5, 5.41) is 15.3. The van der Waals surface area contributed by atoms with Gasteiger partial charge in [-0.05, 0) is 12.8 Å². The molecule has 0 spiro atoms. The van der Waals surface area contributed by atoms with Crippen molar-refractivity contribution in [3.8, 4) is 0 Å². The summed E-state index contributed by atoms with van der Waals surface area (Å²) in [4.78, 5) is 22.6. The standard InChI is InChI=1S/C12H17N3O3/c1-12(4-2-3-5-12)11(18)14-9-6-13-15(7-9)8-10(16)17/h6-7H,2-5,8H2,1H3,(H,14,18)(H,16,17). The molecule has 6 nitrogen and oxygen atoms in total. The molecular weight excluding hydrogens is 234 g/mol. The second-order valence-corrected chi connectivity index (χ2v) is 5.04. The van der Waals surface area contributed by atoms with Gasteiger partial charge in [-0.1, -0.05) is 19.8 Å². The largest absolute Gasteiger partial charge is 0.480 e. The fourth-order valence-electron chi connectivity index (χ4n) is 2.32. The topological polar surface area (TPSA) is 84.2 Å². The van der Waals surface area contributed by atoms with E-state index in [9.17, 15) is 9.59 Å². The Labute approximate surface area is 105 Å². The highest BCUT2D eigenvalue weighted by atomic mass is 16.4. The number of nitrogens with one attached hydrogen (secondary N) is 1. The van der Waals surface area contributed by atoms with Crippen LogP contribution in [0, 0.1) is 5.41 Å². The van der Waals surface area contributed by atoms with Crippen molar-refractivity contribution in [1.82, 2.24) is 9.78 Å². The molecule has 1 heterocycles. The molecule has 0 aliphatic heterocycles. The van der Waals surface area contributed by atoms with E-state index in [1.807, 2.05) is 6.92 Å². The Hall–Kier alpha value is -1.85. The molecule has 1 aliphatic carbocycles. The number of hydrogen-bond donors (Lipinski definition) is 2. The molecule has 1 amide bonds. The zero-order chi connectivity index (χ0) is 13.2.